The van der Waals surface area contributed by atoms with Gasteiger partial charge in [0.1, 0.15) is 0 Å². The number of carbonyl (C=O) groups excluding carboxylic acids is 2. The van der Waals surface area contributed by atoms with Gasteiger partial charge in [-0.15, -0.1) is 0 Å². The van der Waals surface area contributed by atoms with E-state index in [1.165, 1.54) is 11.3 Å². The highest BCUT2D eigenvalue weighted by Crippen LogP contribution is 2.19. The molecule has 0 radical (unpaired) electrons. The molecule has 1 saturated carbocycles. The first-order valence-corrected chi connectivity index (χ1v) is 6.86. The van der Waals surface area contributed by atoms with Crippen LogP contribution < -0.4 is 5.32 Å². The quantitative estimate of drug-likeness (QED) is 0.771. The summed E-state index contributed by atoms with van der Waals surface area (Å²) in [4.78, 5) is 35.6. The maximum absolute atomic E-state index is 11.8. The molecule has 1 aliphatic heterocycles. The van der Waals surface area contributed by atoms with Crippen molar-refractivity contribution in [3.63, 3.8) is 0 Å². The van der Waals surface area contributed by atoms with Crippen LogP contribution in [0.5, 0.6) is 0 Å². The normalized spacial score (nSPS) is 24.5. The van der Waals surface area contributed by atoms with E-state index in [4.69, 9.17) is 5.11 Å². The Hall–Kier alpha value is -1.59. The van der Waals surface area contributed by atoms with Crippen molar-refractivity contribution in [3.05, 3.63) is 0 Å². The summed E-state index contributed by atoms with van der Waals surface area (Å²) in [6, 6.07) is 0.217. The number of rotatable bonds is 4. The fraction of sp³-hybridized carbons (Fsp3) is 0.769. The number of hydrogen-bond acceptors (Lipinski definition) is 3. The zero-order valence-corrected chi connectivity index (χ0v) is 10.9. The Bertz CT molecular complexity index is 377. The van der Waals surface area contributed by atoms with Gasteiger partial charge in [-0.3, -0.25) is 14.4 Å². The molecule has 2 aliphatic rings. The Morgan fingerprint density at radius 1 is 1.26 bits per heavy atom. The maximum atomic E-state index is 11.8. The molecule has 0 aromatic heterocycles. The molecule has 6 nitrogen and oxygen atoms in total. The highest BCUT2D eigenvalue weighted by molar-refractivity contribution is 5.89. The molecule has 106 valence electrons. The van der Waals surface area contributed by atoms with Crippen LogP contribution in [0.15, 0.2) is 0 Å². The average Bonchev–Trinajstić information content (AvgIpc) is 2.72. The van der Waals surface area contributed by atoms with Crippen molar-refractivity contribution in [2.45, 2.75) is 44.6 Å². The molecule has 1 atom stereocenters. The lowest BCUT2D eigenvalue weighted by Crippen LogP contribution is -2.43. The Morgan fingerprint density at radius 2 is 1.95 bits per heavy atom. The van der Waals surface area contributed by atoms with E-state index in [1.54, 1.807) is 0 Å². The van der Waals surface area contributed by atoms with Gasteiger partial charge in [-0.2, -0.15) is 0 Å². The molecule has 2 rings (SSSR count). The van der Waals surface area contributed by atoms with Gasteiger partial charge in [-0.25, -0.2) is 0 Å². The second-order valence-electron chi connectivity index (χ2n) is 5.42. The van der Waals surface area contributed by atoms with E-state index < -0.39 is 11.9 Å². The Balaban J connectivity index is 1.78. The third-order valence-electron chi connectivity index (χ3n) is 3.87. The molecule has 0 spiro atoms. The Morgan fingerprint density at radius 3 is 2.53 bits per heavy atom. The van der Waals surface area contributed by atoms with Gasteiger partial charge in [0, 0.05) is 19.0 Å². The molecule has 2 amide bonds. The van der Waals surface area contributed by atoms with Crippen LogP contribution in [0.3, 0.4) is 0 Å². The monoisotopic (exact) mass is 268 g/mol. The van der Waals surface area contributed by atoms with Gasteiger partial charge < -0.3 is 15.3 Å². The summed E-state index contributed by atoms with van der Waals surface area (Å²) < 4.78 is 0. The summed E-state index contributed by atoms with van der Waals surface area (Å²) in [6.45, 7) is 0.130. The molecule has 1 unspecified atom stereocenters. The predicted molar refractivity (Wildman–Crippen MR) is 67.3 cm³/mol. The Labute approximate surface area is 112 Å². The van der Waals surface area contributed by atoms with E-state index >= 15 is 0 Å². The average molecular weight is 268 g/mol. The number of nitrogens with zero attached hydrogens (tertiary/aromatic N) is 1. The molecule has 19 heavy (non-hydrogen) atoms. The minimum Gasteiger partial charge on any atom is -0.481 e. The highest BCUT2D eigenvalue weighted by atomic mass is 16.4. The fourth-order valence-electron chi connectivity index (χ4n) is 2.78. The first-order chi connectivity index (χ1) is 9.06. The molecule has 1 saturated heterocycles. The number of carboxylic acid groups (broad SMARTS) is 1. The second-order valence-corrected chi connectivity index (χ2v) is 5.42. The van der Waals surface area contributed by atoms with Crippen LogP contribution in [0, 0.1) is 5.92 Å². The second kappa shape index (κ2) is 6.04. The van der Waals surface area contributed by atoms with Crippen LogP contribution in [-0.2, 0) is 14.4 Å². The van der Waals surface area contributed by atoms with Crippen molar-refractivity contribution < 1.29 is 19.5 Å². The van der Waals surface area contributed by atoms with Crippen LogP contribution in [0.4, 0.5) is 0 Å². The third-order valence-corrected chi connectivity index (χ3v) is 3.87. The first kappa shape index (κ1) is 13.8. The summed E-state index contributed by atoms with van der Waals surface area (Å²) in [5.74, 6) is -2.06. The van der Waals surface area contributed by atoms with Crippen molar-refractivity contribution in [2.24, 2.45) is 5.92 Å². The summed E-state index contributed by atoms with van der Waals surface area (Å²) in [5.41, 5.74) is 0. The van der Waals surface area contributed by atoms with E-state index in [2.05, 4.69) is 5.32 Å². The number of nitrogens with one attached hydrogen (secondary N) is 1. The summed E-state index contributed by atoms with van der Waals surface area (Å²) in [7, 11) is 0. The lowest BCUT2D eigenvalue weighted by atomic mass is 9.95. The van der Waals surface area contributed by atoms with Crippen molar-refractivity contribution in [2.75, 3.05) is 13.1 Å². The number of carbonyl (C=O) groups is 3. The van der Waals surface area contributed by atoms with E-state index in [1.807, 2.05) is 0 Å². The third kappa shape index (κ3) is 3.68. The van der Waals surface area contributed by atoms with Crippen molar-refractivity contribution in [1.29, 1.82) is 0 Å². The van der Waals surface area contributed by atoms with Gasteiger partial charge >= 0.3 is 5.97 Å². The molecule has 1 heterocycles. The fourth-order valence-corrected chi connectivity index (χ4v) is 2.78. The lowest BCUT2D eigenvalue weighted by Gasteiger charge is -2.24. The number of hydrogen-bond donors (Lipinski definition) is 2. The van der Waals surface area contributed by atoms with Gasteiger partial charge in [0.2, 0.25) is 11.8 Å². The molecule has 0 bridgehead atoms. The molecule has 2 fully saturated rings. The lowest BCUT2D eigenvalue weighted by molar-refractivity contribution is -0.141. The largest absolute Gasteiger partial charge is 0.481 e. The van der Waals surface area contributed by atoms with Crippen LogP contribution in [0.25, 0.3) is 0 Å². The summed E-state index contributed by atoms with van der Waals surface area (Å²) in [6.07, 6.45) is 5.49. The van der Waals surface area contributed by atoms with Crippen LogP contribution in [-0.4, -0.2) is 46.9 Å². The van der Waals surface area contributed by atoms with Gasteiger partial charge in [0.15, 0.2) is 0 Å². The van der Waals surface area contributed by atoms with Crippen LogP contribution in [0.2, 0.25) is 0 Å². The van der Waals surface area contributed by atoms with Gasteiger partial charge in [0.25, 0.3) is 0 Å². The summed E-state index contributed by atoms with van der Waals surface area (Å²) in [5, 5.41) is 11.8. The highest BCUT2D eigenvalue weighted by Gasteiger charge is 2.35. The number of amides is 2. The Kier molecular flexibility index (Phi) is 4.39. The smallest absolute Gasteiger partial charge is 0.308 e. The van der Waals surface area contributed by atoms with Gasteiger partial charge in [0.05, 0.1) is 12.5 Å². The molecule has 1 aliphatic carbocycles. The van der Waals surface area contributed by atoms with E-state index in [9.17, 15) is 14.4 Å². The number of carboxylic acids is 1. The maximum Gasteiger partial charge on any atom is 0.308 e. The molecular formula is C13H20N2O4. The molecular weight excluding hydrogens is 248 g/mol. The number of aliphatic carboxylic acids is 1. The molecule has 6 heteroatoms. The molecule has 0 aromatic rings. The van der Waals surface area contributed by atoms with Crippen molar-refractivity contribution >= 4 is 17.8 Å². The van der Waals surface area contributed by atoms with E-state index in [-0.39, 0.29) is 37.4 Å². The summed E-state index contributed by atoms with van der Waals surface area (Å²) >= 11 is 0. The first-order valence-electron chi connectivity index (χ1n) is 6.86. The SMILES string of the molecule is O=C(CN1CC(C(=O)O)CC1=O)NC1CCCCC1. The van der Waals surface area contributed by atoms with Crippen molar-refractivity contribution in [1.82, 2.24) is 10.2 Å². The van der Waals surface area contributed by atoms with Crippen LogP contribution >= 0.6 is 0 Å². The topological polar surface area (TPSA) is 86.7 Å². The minimum atomic E-state index is -0.969. The predicted octanol–water partition coefficient (Wildman–Crippen LogP) is 0.368. The zero-order chi connectivity index (χ0) is 13.8. The molecule has 0 aromatic carbocycles. The van der Waals surface area contributed by atoms with E-state index in [0.717, 1.165) is 25.7 Å². The van der Waals surface area contributed by atoms with Gasteiger partial charge in [-0.1, -0.05) is 19.3 Å². The van der Waals surface area contributed by atoms with Gasteiger partial charge in [-0.05, 0) is 12.8 Å². The van der Waals surface area contributed by atoms with Crippen LogP contribution in [0.1, 0.15) is 38.5 Å². The minimum absolute atomic E-state index is 0.00599. The molecule has 2 N–H and O–H groups in total. The van der Waals surface area contributed by atoms with Crippen molar-refractivity contribution in [3.8, 4) is 0 Å². The van der Waals surface area contributed by atoms with E-state index in [0.29, 0.717) is 0 Å². The standard InChI is InChI=1S/C13H20N2O4/c16-11(14-10-4-2-1-3-5-10)8-15-7-9(13(18)19)6-12(15)17/h9-10H,1-8H2,(H,14,16)(H,18,19). The zero-order valence-electron chi connectivity index (χ0n) is 10.9. The number of likely N-dealkylation sites (tertiary alicyclic amines) is 1.